The molecular weight excluding hydrogens is 353 g/mol. The lowest BCUT2D eigenvalue weighted by Crippen LogP contribution is -2.48. The van der Waals surface area contributed by atoms with Gasteiger partial charge in [-0.15, -0.1) is 0 Å². The molecule has 1 fully saturated rings. The minimum atomic E-state index is -0.902. The third-order valence-corrected chi connectivity index (χ3v) is 4.12. The van der Waals surface area contributed by atoms with Gasteiger partial charge in [0.2, 0.25) is 11.8 Å². The molecule has 8 heteroatoms. The van der Waals surface area contributed by atoms with Crippen molar-refractivity contribution in [3.05, 3.63) is 59.9 Å². The number of hydrogen-bond acceptors (Lipinski definition) is 5. The predicted molar refractivity (Wildman–Crippen MR) is 95.3 cm³/mol. The molecule has 2 aromatic rings. The lowest BCUT2D eigenvalue weighted by molar-refractivity contribution is -0.122. The smallest absolute Gasteiger partial charge is 0.253 e. The summed E-state index contributed by atoms with van der Waals surface area (Å²) in [7, 11) is 1.55. The molecule has 140 valence electrons. The van der Waals surface area contributed by atoms with Gasteiger partial charge in [0.25, 0.3) is 5.91 Å². The standard InChI is InChI=1S/C19H18FN3O4/c1-27-15-7-5-12(6-8-15)9-17(24)22-21-16-11-18(25)23(19(16)26)14-4-2-3-13(20)10-14/h2-8,10,16,21H,9,11H2,1H3,(H,22,24). The molecule has 1 heterocycles. The van der Waals surface area contributed by atoms with Crippen LogP contribution >= 0.6 is 0 Å². The van der Waals surface area contributed by atoms with E-state index in [1.807, 2.05) is 0 Å². The number of carbonyl (C=O) groups is 3. The molecule has 1 aliphatic heterocycles. The van der Waals surface area contributed by atoms with Gasteiger partial charge in [-0.25, -0.2) is 14.7 Å². The van der Waals surface area contributed by atoms with E-state index in [0.717, 1.165) is 16.5 Å². The molecule has 0 spiro atoms. The second-order valence-corrected chi connectivity index (χ2v) is 6.02. The van der Waals surface area contributed by atoms with Gasteiger partial charge in [0.1, 0.15) is 17.6 Å². The Bertz CT molecular complexity index is 870. The van der Waals surface area contributed by atoms with Crippen LogP contribution in [0.3, 0.4) is 0 Å². The fourth-order valence-corrected chi connectivity index (χ4v) is 2.77. The van der Waals surface area contributed by atoms with E-state index in [0.29, 0.717) is 5.75 Å². The fraction of sp³-hybridized carbons (Fsp3) is 0.211. The molecule has 0 saturated carbocycles. The van der Waals surface area contributed by atoms with Gasteiger partial charge in [0, 0.05) is 0 Å². The summed E-state index contributed by atoms with van der Waals surface area (Å²) in [4.78, 5) is 37.5. The minimum absolute atomic E-state index is 0.0967. The highest BCUT2D eigenvalue weighted by molar-refractivity contribution is 6.22. The van der Waals surface area contributed by atoms with Gasteiger partial charge in [0.15, 0.2) is 0 Å². The van der Waals surface area contributed by atoms with Crippen molar-refractivity contribution in [3.63, 3.8) is 0 Å². The molecule has 7 nitrogen and oxygen atoms in total. The highest BCUT2D eigenvalue weighted by atomic mass is 19.1. The summed E-state index contributed by atoms with van der Waals surface area (Å²) < 4.78 is 18.4. The average Bonchev–Trinajstić information content (AvgIpc) is 2.94. The SMILES string of the molecule is COc1ccc(CC(=O)NNC2CC(=O)N(c3cccc(F)c3)C2=O)cc1. The number of benzene rings is 2. The maximum atomic E-state index is 13.4. The quantitative estimate of drug-likeness (QED) is 0.591. The van der Waals surface area contributed by atoms with Gasteiger partial charge in [-0.05, 0) is 35.9 Å². The lowest BCUT2D eigenvalue weighted by Gasteiger charge is -2.16. The first-order valence-electron chi connectivity index (χ1n) is 8.27. The van der Waals surface area contributed by atoms with E-state index in [1.165, 1.54) is 18.2 Å². The van der Waals surface area contributed by atoms with Crippen LogP contribution in [0.4, 0.5) is 10.1 Å². The van der Waals surface area contributed by atoms with E-state index in [1.54, 1.807) is 31.4 Å². The van der Waals surface area contributed by atoms with E-state index < -0.39 is 23.7 Å². The van der Waals surface area contributed by atoms with Crippen LogP contribution in [0.15, 0.2) is 48.5 Å². The molecule has 2 N–H and O–H groups in total. The van der Waals surface area contributed by atoms with Gasteiger partial charge in [-0.3, -0.25) is 19.8 Å². The highest BCUT2D eigenvalue weighted by Crippen LogP contribution is 2.23. The second-order valence-electron chi connectivity index (χ2n) is 6.02. The minimum Gasteiger partial charge on any atom is -0.497 e. The van der Waals surface area contributed by atoms with Crippen LogP contribution in [0.25, 0.3) is 0 Å². The Kier molecular flexibility index (Phi) is 5.46. The zero-order chi connectivity index (χ0) is 19.4. The summed E-state index contributed by atoms with van der Waals surface area (Å²) in [6.45, 7) is 0. The largest absolute Gasteiger partial charge is 0.497 e. The third kappa shape index (κ3) is 4.29. The number of imide groups is 1. The molecule has 1 atom stereocenters. The van der Waals surface area contributed by atoms with Crippen molar-refractivity contribution >= 4 is 23.4 Å². The van der Waals surface area contributed by atoms with E-state index in [2.05, 4.69) is 10.9 Å². The molecule has 0 aromatic heterocycles. The second kappa shape index (κ2) is 7.96. The molecular formula is C19H18FN3O4. The number of carbonyl (C=O) groups excluding carboxylic acids is 3. The first kappa shape index (κ1) is 18.5. The Labute approximate surface area is 155 Å². The molecule has 0 aliphatic carbocycles. The van der Waals surface area contributed by atoms with Crippen molar-refractivity contribution in [3.8, 4) is 5.75 Å². The first-order chi connectivity index (χ1) is 13.0. The average molecular weight is 371 g/mol. The van der Waals surface area contributed by atoms with E-state index in [4.69, 9.17) is 4.74 Å². The topological polar surface area (TPSA) is 87.7 Å². The van der Waals surface area contributed by atoms with E-state index in [9.17, 15) is 18.8 Å². The van der Waals surface area contributed by atoms with Crippen LogP contribution in [-0.4, -0.2) is 30.9 Å². The van der Waals surface area contributed by atoms with Crippen molar-refractivity contribution in [1.29, 1.82) is 0 Å². The number of methoxy groups -OCH3 is 1. The van der Waals surface area contributed by atoms with Crippen LogP contribution in [0.5, 0.6) is 5.75 Å². The Hall–Kier alpha value is -3.26. The summed E-state index contributed by atoms with van der Waals surface area (Å²) in [5, 5.41) is 0. The molecule has 3 rings (SSSR count). The summed E-state index contributed by atoms with van der Waals surface area (Å²) >= 11 is 0. The summed E-state index contributed by atoms with van der Waals surface area (Å²) in [6.07, 6.45) is -0.0301. The van der Waals surface area contributed by atoms with Crippen LogP contribution < -0.4 is 20.5 Å². The number of nitrogens with zero attached hydrogens (tertiary/aromatic N) is 1. The van der Waals surface area contributed by atoms with Gasteiger partial charge >= 0.3 is 0 Å². The van der Waals surface area contributed by atoms with E-state index in [-0.39, 0.29) is 24.4 Å². The molecule has 0 radical (unpaired) electrons. The molecule has 1 saturated heterocycles. The molecule has 3 amide bonds. The van der Waals surface area contributed by atoms with Crippen molar-refractivity contribution in [1.82, 2.24) is 10.9 Å². The Morgan fingerprint density at radius 1 is 1.22 bits per heavy atom. The van der Waals surface area contributed by atoms with Crippen LogP contribution in [0.2, 0.25) is 0 Å². The Morgan fingerprint density at radius 3 is 2.63 bits per heavy atom. The van der Waals surface area contributed by atoms with Crippen LogP contribution in [-0.2, 0) is 20.8 Å². The number of ether oxygens (including phenoxy) is 1. The van der Waals surface area contributed by atoms with Crippen molar-refractivity contribution in [2.45, 2.75) is 18.9 Å². The molecule has 27 heavy (non-hydrogen) atoms. The van der Waals surface area contributed by atoms with E-state index >= 15 is 0 Å². The van der Waals surface area contributed by atoms with Crippen molar-refractivity contribution in [2.24, 2.45) is 0 Å². The number of nitrogens with one attached hydrogen (secondary N) is 2. The Balaban J connectivity index is 1.57. The summed E-state index contributed by atoms with van der Waals surface area (Å²) in [5.74, 6) is -1.23. The predicted octanol–water partition coefficient (Wildman–Crippen LogP) is 1.33. The van der Waals surface area contributed by atoms with Gasteiger partial charge in [-0.1, -0.05) is 18.2 Å². The zero-order valence-electron chi connectivity index (χ0n) is 14.6. The molecule has 1 aliphatic rings. The third-order valence-electron chi connectivity index (χ3n) is 4.12. The number of halogens is 1. The maximum Gasteiger partial charge on any atom is 0.253 e. The summed E-state index contributed by atoms with van der Waals surface area (Å²) in [6, 6.07) is 11.3. The van der Waals surface area contributed by atoms with Crippen LogP contribution in [0, 0.1) is 5.82 Å². The first-order valence-corrected chi connectivity index (χ1v) is 8.27. The highest BCUT2D eigenvalue weighted by Gasteiger charge is 2.39. The maximum absolute atomic E-state index is 13.4. The number of anilines is 1. The summed E-state index contributed by atoms with van der Waals surface area (Å²) in [5.41, 5.74) is 5.97. The van der Waals surface area contributed by atoms with Crippen LogP contribution in [0.1, 0.15) is 12.0 Å². The van der Waals surface area contributed by atoms with Gasteiger partial charge < -0.3 is 4.74 Å². The fourth-order valence-electron chi connectivity index (χ4n) is 2.77. The number of hydrogen-bond donors (Lipinski definition) is 2. The number of amides is 3. The monoisotopic (exact) mass is 371 g/mol. The number of rotatable bonds is 6. The number of hydrazine groups is 1. The molecule has 0 bridgehead atoms. The zero-order valence-corrected chi connectivity index (χ0v) is 14.6. The molecule has 2 aromatic carbocycles. The Morgan fingerprint density at radius 2 is 1.96 bits per heavy atom. The van der Waals surface area contributed by atoms with Crippen molar-refractivity contribution < 1.29 is 23.5 Å². The van der Waals surface area contributed by atoms with Crippen molar-refractivity contribution in [2.75, 3.05) is 12.0 Å². The lowest BCUT2D eigenvalue weighted by atomic mass is 10.1. The van der Waals surface area contributed by atoms with Gasteiger partial charge in [0.05, 0.1) is 25.6 Å². The normalized spacial score (nSPS) is 16.5. The molecule has 1 unspecified atom stereocenters. The van der Waals surface area contributed by atoms with Gasteiger partial charge in [-0.2, -0.15) is 0 Å².